The topological polar surface area (TPSA) is 40.5 Å². The van der Waals surface area contributed by atoms with Crippen molar-refractivity contribution in [2.45, 2.75) is 19.0 Å². The van der Waals surface area contributed by atoms with Crippen molar-refractivity contribution in [2.24, 2.45) is 0 Å². The summed E-state index contributed by atoms with van der Waals surface area (Å²) < 4.78 is 49.6. The Bertz CT molecular complexity index is 445. The van der Waals surface area contributed by atoms with Gasteiger partial charge in [0.2, 0.25) is 0 Å². The summed E-state index contributed by atoms with van der Waals surface area (Å²) in [4.78, 5) is 12.8. The third kappa shape index (κ3) is 7.19. The average Bonchev–Trinajstić information content (AvgIpc) is 2.37. The highest BCUT2D eigenvalue weighted by Gasteiger charge is 2.30. The first-order valence-corrected chi connectivity index (χ1v) is 6.50. The van der Waals surface area contributed by atoms with E-state index in [1.807, 2.05) is 0 Å². The van der Waals surface area contributed by atoms with Crippen LogP contribution >= 0.6 is 0 Å². The standard InChI is InChI=1S/C14H17F4NO2/c15-12-5-3-11(4-6-12)13(21)2-1-7-19(8-9-20)10-14(16,17)18/h3-6,20H,1-2,7-10H2. The maximum atomic E-state index is 12.7. The second-order valence-electron chi connectivity index (χ2n) is 4.65. The molecule has 1 aromatic rings. The Labute approximate surface area is 120 Å². The number of rotatable bonds is 8. The molecule has 1 rings (SSSR count). The number of ketones is 1. The minimum Gasteiger partial charge on any atom is -0.395 e. The quantitative estimate of drug-likeness (QED) is 0.593. The molecule has 0 unspecified atom stereocenters. The Hall–Kier alpha value is -1.47. The molecule has 0 radical (unpaired) electrons. The number of aliphatic hydroxyl groups is 1. The van der Waals surface area contributed by atoms with Crippen molar-refractivity contribution in [1.82, 2.24) is 4.90 Å². The summed E-state index contributed by atoms with van der Waals surface area (Å²) in [5.74, 6) is -0.697. The Kier molecular flexibility index (Phi) is 6.77. The molecule has 7 heteroatoms. The number of aliphatic hydroxyl groups excluding tert-OH is 1. The van der Waals surface area contributed by atoms with E-state index >= 15 is 0 Å². The smallest absolute Gasteiger partial charge is 0.395 e. The van der Waals surface area contributed by atoms with Crippen LogP contribution in [-0.4, -0.2) is 48.2 Å². The summed E-state index contributed by atoms with van der Waals surface area (Å²) in [7, 11) is 0. The summed E-state index contributed by atoms with van der Waals surface area (Å²) in [5.41, 5.74) is 0.334. The van der Waals surface area contributed by atoms with E-state index in [0.29, 0.717) is 5.56 Å². The van der Waals surface area contributed by atoms with Gasteiger partial charge in [0.1, 0.15) is 5.82 Å². The van der Waals surface area contributed by atoms with Crippen molar-refractivity contribution < 1.29 is 27.5 Å². The number of benzene rings is 1. The van der Waals surface area contributed by atoms with E-state index in [1.54, 1.807) is 0 Å². The second kappa shape index (κ2) is 8.09. The minimum atomic E-state index is -4.34. The lowest BCUT2D eigenvalue weighted by atomic mass is 10.1. The van der Waals surface area contributed by atoms with Gasteiger partial charge < -0.3 is 5.11 Å². The fourth-order valence-electron chi connectivity index (χ4n) is 1.91. The van der Waals surface area contributed by atoms with Crippen LogP contribution in [0.5, 0.6) is 0 Å². The molecule has 0 aliphatic heterocycles. The van der Waals surface area contributed by atoms with Crippen LogP contribution in [0.4, 0.5) is 17.6 Å². The number of halogens is 4. The highest BCUT2D eigenvalue weighted by atomic mass is 19.4. The van der Waals surface area contributed by atoms with Gasteiger partial charge in [0.25, 0.3) is 0 Å². The number of hydrogen-bond acceptors (Lipinski definition) is 3. The van der Waals surface area contributed by atoms with Gasteiger partial charge in [-0.2, -0.15) is 13.2 Å². The van der Waals surface area contributed by atoms with Gasteiger partial charge in [-0.15, -0.1) is 0 Å². The molecular formula is C14H17F4NO2. The van der Waals surface area contributed by atoms with Gasteiger partial charge in [-0.25, -0.2) is 4.39 Å². The maximum absolute atomic E-state index is 12.7. The van der Waals surface area contributed by atoms with Gasteiger partial charge in [-0.1, -0.05) is 0 Å². The molecule has 21 heavy (non-hydrogen) atoms. The minimum absolute atomic E-state index is 0.0625. The normalized spacial score (nSPS) is 11.9. The molecule has 3 nitrogen and oxygen atoms in total. The monoisotopic (exact) mass is 307 g/mol. The fraction of sp³-hybridized carbons (Fsp3) is 0.500. The van der Waals surface area contributed by atoms with Crippen LogP contribution in [0.25, 0.3) is 0 Å². The molecule has 0 fully saturated rings. The van der Waals surface area contributed by atoms with E-state index in [2.05, 4.69) is 0 Å². The summed E-state index contributed by atoms with van der Waals surface area (Å²) in [5, 5.41) is 8.73. The van der Waals surface area contributed by atoms with E-state index in [4.69, 9.17) is 5.11 Å². The predicted octanol–water partition coefficient (Wildman–Crippen LogP) is 2.65. The van der Waals surface area contributed by atoms with Gasteiger partial charge in [0, 0.05) is 18.5 Å². The third-order valence-corrected chi connectivity index (χ3v) is 2.86. The molecule has 1 aromatic carbocycles. The fourth-order valence-corrected chi connectivity index (χ4v) is 1.91. The highest BCUT2D eigenvalue weighted by Crippen LogP contribution is 2.17. The number of carbonyl (C=O) groups excluding carboxylic acids is 1. The molecule has 0 aliphatic carbocycles. The van der Waals surface area contributed by atoms with Gasteiger partial charge in [-0.05, 0) is 37.2 Å². The SMILES string of the molecule is O=C(CCCN(CCO)CC(F)(F)F)c1ccc(F)cc1. The molecule has 118 valence electrons. The Morgan fingerprint density at radius 1 is 1.14 bits per heavy atom. The number of hydrogen-bond donors (Lipinski definition) is 1. The highest BCUT2D eigenvalue weighted by molar-refractivity contribution is 5.95. The Morgan fingerprint density at radius 3 is 2.29 bits per heavy atom. The van der Waals surface area contributed by atoms with E-state index in [0.717, 1.165) is 17.0 Å². The van der Waals surface area contributed by atoms with Crippen LogP contribution in [0.2, 0.25) is 0 Å². The van der Waals surface area contributed by atoms with Crippen molar-refractivity contribution in [1.29, 1.82) is 0 Å². The van der Waals surface area contributed by atoms with Crippen molar-refractivity contribution in [3.05, 3.63) is 35.6 Å². The van der Waals surface area contributed by atoms with Crippen LogP contribution in [0.15, 0.2) is 24.3 Å². The van der Waals surface area contributed by atoms with Crippen molar-refractivity contribution in [2.75, 3.05) is 26.2 Å². The van der Waals surface area contributed by atoms with Gasteiger partial charge >= 0.3 is 6.18 Å². The largest absolute Gasteiger partial charge is 0.401 e. The zero-order valence-electron chi connectivity index (χ0n) is 11.4. The first-order valence-electron chi connectivity index (χ1n) is 6.50. The zero-order valence-corrected chi connectivity index (χ0v) is 11.4. The van der Waals surface area contributed by atoms with Crippen molar-refractivity contribution in [3.63, 3.8) is 0 Å². The molecule has 0 spiro atoms. The van der Waals surface area contributed by atoms with Crippen LogP contribution in [0, 0.1) is 5.82 Å². The van der Waals surface area contributed by atoms with Gasteiger partial charge in [-0.3, -0.25) is 9.69 Å². The van der Waals surface area contributed by atoms with Crippen molar-refractivity contribution >= 4 is 5.78 Å². The number of carbonyl (C=O) groups is 1. The summed E-state index contributed by atoms with van der Waals surface area (Å²) in [6, 6.07) is 5.02. The molecule has 0 aliphatic rings. The summed E-state index contributed by atoms with van der Waals surface area (Å²) >= 11 is 0. The van der Waals surface area contributed by atoms with Crippen LogP contribution in [0.3, 0.4) is 0 Å². The van der Waals surface area contributed by atoms with Gasteiger partial charge in [0.05, 0.1) is 13.2 Å². The first-order chi connectivity index (χ1) is 9.81. The molecule has 0 amide bonds. The molecule has 0 saturated carbocycles. The van der Waals surface area contributed by atoms with E-state index in [1.165, 1.54) is 12.1 Å². The zero-order chi connectivity index (χ0) is 15.9. The molecule has 0 heterocycles. The number of Topliss-reactive ketones (excluding diaryl/α,β-unsaturated/α-hetero) is 1. The third-order valence-electron chi connectivity index (χ3n) is 2.86. The lowest BCUT2D eigenvalue weighted by molar-refractivity contribution is -0.146. The predicted molar refractivity (Wildman–Crippen MR) is 69.5 cm³/mol. The summed E-state index contributed by atoms with van der Waals surface area (Å²) in [6.07, 6.45) is -4.02. The Balaban J connectivity index is 2.42. The molecular weight excluding hydrogens is 290 g/mol. The van der Waals surface area contributed by atoms with E-state index < -0.39 is 18.5 Å². The first kappa shape index (κ1) is 17.6. The van der Waals surface area contributed by atoms with E-state index in [9.17, 15) is 22.4 Å². The molecule has 0 bridgehead atoms. The molecule has 1 N–H and O–H groups in total. The van der Waals surface area contributed by atoms with E-state index in [-0.39, 0.29) is 38.3 Å². The lowest BCUT2D eigenvalue weighted by Crippen LogP contribution is -2.37. The summed E-state index contributed by atoms with van der Waals surface area (Å²) in [6.45, 7) is -1.52. The van der Waals surface area contributed by atoms with Crippen LogP contribution < -0.4 is 0 Å². The average molecular weight is 307 g/mol. The van der Waals surface area contributed by atoms with Crippen LogP contribution in [0.1, 0.15) is 23.2 Å². The van der Waals surface area contributed by atoms with Crippen LogP contribution in [-0.2, 0) is 0 Å². The molecule has 0 saturated heterocycles. The van der Waals surface area contributed by atoms with Crippen molar-refractivity contribution in [3.8, 4) is 0 Å². The number of nitrogens with zero attached hydrogens (tertiary/aromatic N) is 1. The Morgan fingerprint density at radius 2 is 1.76 bits per heavy atom. The molecule has 0 aromatic heterocycles. The second-order valence-corrected chi connectivity index (χ2v) is 4.65. The number of alkyl halides is 3. The van der Waals surface area contributed by atoms with Gasteiger partial charge in [0.15, 0.2) is 5.78 Å². The molecule has 0 atom stereocenters. The lowest BCUT2D eigenvalue weighted by Gasteiger charge is -2.22. The maximum Gasteiger partial charge on any atom is 0.401 e.